The lowest BCUT2D eigenvalue weighted by atomic mass is 10.1. The molecule has 140 valence electrons. The summed E-state index contributed by atoms with van der Waals surface area (Å²) >= 11 is 0. The lowest BCUT2D eigenvalue weighted by molar-refractivity contribution is -0.120. The van der Waals surface area contributed by atoms with Gasteiger partial charge in [-0.25, -0.2) is 19.0 Å². The molecule has 0 atom stereocenters. The van der Waals surface area contributed by atoms with Crippen LogP contribution in [0.15, 0.2) is 42.7 Å². The number of halogens is 1. The van der Waals surface area contributed by atoms with Crippen molar-refractivity contribution in [3.63, 3.8) is 0 Å². The van der Waals surface area contributed by atoms with Gasteiger partial charge in [0.1, 0.15) is 5.82 Å². The largest absolute Gasteiger partial charge is 0.354 e. The number of aryl methyl sites for hydroxylation is 1. The van der Waals surface area contributed by atoms with Crippen LogP contribution in [0.2, 0.25) is 0 Å². The number of carbonyl (C=O) groups is 1. The third kappa shape index (κ3) is 4.66. The summed E-state index contributed by atoms with van der Waals surface area (Å²) in [5.74, 6) is 0.143. The fourth-order valence-electron chi connectivity index (χ4n) is 2.75. The van der Waals surface area contributed by atoms with E-state index in [1.165, 1.54) is 12.1 Å². The summed E-state index contributed by atoms with van der Waals surface area (Å²) in [6, 6.07) is 7.85. The molecule has 0 saturated carbocycles. The summed E-state index contributed by atoms with van der Waals surface area (Å²) in [7, 11) is 0. The Morgan fingerprint density at radius 3 is 2.52 bits per heavy atom. The molecule has 0 aliphatic carbocycles. The zero-order chi connectivity index (χ0) is 19.2. The zero-order valence-corrected chi connectivity index (χ0v) is 15.2. The van der Waals surface area contributed by atoms with Gasteiger partial charge in [0.2, 0.25) is 11.9 Å². The molecule has 0 radical (unpaired) electrons. The Bertz CT molecular complexity index is 908. The van der Waals surface area contributed by atoms with Gasteiger partial charge in [0.25, 0.3) is 0 Å². The number of rotatable bonds is 7. The molecule has 1 amide bonds. The van der Waals surface area contributed by atoms with Crippen molar-refractivity contribution in [1.29, 1.82) is 0 Å². The summed E-state index contributed by atoms with van der Waals surface area (Å²) in [6.45, 7) is 4.76. The van der Waals surface area contributed by atoms with Crippen LogP contribution in [-0.2, 0) is 11.2 Å². The maximum absolute atomic E-state index is 13.1. The Balaban J connectivity index is 1.57. The van der Waals surface area contributed by atoms with E-state index in [4.69, 9.17) is 0 Å². The predicted octanol–water partition coefficient (Wildman–Crippen LogP) is 2.19. The van der Waals surface area contributed by atoms with Crippen molar-refractivity contribution < 1.29 is 9.18 Å². The number of hydrogen-bond acceptors (Lipinski definition) is 5. The lowest BCUT2D eigenvalue weighted by Crippen LogP contribution is -2.30. The molecule has 3 aromatic rings. The van der Waals surface area contributed by atoms with Gasteiger partial charge in [-0.3, -0.25) is 4.79 Å². The van der Waals surface area contributed by atoms with Crippen molar-refractivity contribution in [2.45, 2.75) is 20.3 Å². The van der Waals surface area contributed by atoms with E-state index in [-0.39, 0.29) is 18.1 Å². The number of amides is 1. The molecule has 0 aliphatic heterocycles. The van der Waals surface area contributed by atoms with E-state index in [1.54, 1.807) is 35.3 Å². The molecule has 27 heavy (non-hydrogen) atoms. The summed E-state index contributed by atoms with van der Waals surface area (Å²) < 4.78 is 14.8. The van der Waals surface area contributed by atoms with E-state index in [1.807, 2.05) is 13.8 Å². The van der Waals surface area contributed by atoms with E-state index >= 15 is 0 Å². The minimum Gasteiger partial charge on any atom is -0.354 e. The summed E-state index contributed by atoms with van der Waals surface area (Å²) in [6.07, 6.45) is 3.54. The third-order valence-electron chi connectivity index (χ3n) is 4.15. The number of nitrogens with zero attached hydrogens (tertiary/aromatic N) is 4. The molecule has 1 aromatic carbocycles. The van der Waals surface area contributed by atoms with Crippen molar-refractivity contribution >= 4 is 11.9 Å². The van der Waals surface area contributed by atoms with Crippen LogP contribution in [0.4, 0.5) is 10.3 Å². The third-order valence-corrected chi connectivity index (χ3v) is 4.15. The van der Waals surface area contributed by atoms with E-state index in [2.05, 4.69) is 25.7 Å². The topological polar surface area (TPSA) is 84.7 Å². The molecule has 0 bridgehead atoms. The van der Waals surface area contributed by atoms with Crippen LogP contribution >= 0.6 is 0 Å². The smallest absolute Gasteiger partial charge is 0.224 e. The van der Waals surface area contributed by atoms with Crippen molar-refractivity contribution in [3.05, 3.63) is 65.5 Å². The first-order valence-electron chi connectivity index (χ1n) is 8.63. The maximum Gasteiger partial charge on any atom is 0.224 e. The monoisotopic (exact) mass is 368 g/mol. The highest BCUT2D eigenvalue weighted by Gasteiger charge is 2.15. The Kier molecular flexibility index (Phi) is 5.75. The molecule has 7 nitrogen and oxygen atoms in total. The summed E-state index contributed by atoms with van der Waals surface area (Å²) in [4.78, 5) is 20.4. The average molecular weight is 368 g/mol. The number of nitrogens with one attached hydrogen (secondary N) is 2. The van der Waals surface area contributed by atoms with Gasteiger partial charge in [-0.1, -0.05) is 0 Å². The molecule has 0 unspecified atom stereocenters. The van der Waals surface area contributed by atoms with Crippen LogP contribution in [0.5, 0.6) is 0 Å². The highest BCUT2D eigenvalue weighted by atomic mass is 19.1. The number of carbonyl (C=O) groups excluding carboxylic acids is 1. The van der Waals surface area contributed by atoms with Gasteiger partial charge in [0.15, 0.2) is 0 Å². The van der Waals surface area contributed by atoms with Crippen LogP contribution in [-0.4, -0.2) is 38.7 Å². The Labute approximate surface area is 156 Å². The van der Waals surface area contributed by atoms with Gasteiger partial charge in [-0.15, -0.1) is 0 Å². The first kappa shape index (κ1) is 18.5. The Morgan fingerprint density at radius 1 is 1.11 bits per heavy atom. The molecular formula is C19H21FN6O. The predicted molar refractivity (Wildman–Crippen MR) is 100 cm³/mol. The molecule has 0 spiro atoms. The molecule has 2 aromatic heterocycles. The number of aromatic nitrogens is 4. The number of anilines is 1. The standard InChI is InChI=1S/C19H21FN6O/c1-13-17(14(2)26(25-13)16-6-4-15(20)5-7-16)12-18(27)21-10-11-24-19-22-8-3-9-23-19/h3-9H,10-12H2,1-2H3,(H,21,27)(H,22,23,24). The molecule has 8 heteroatoms. The molecule has 0 saturated heterocycles. The first-order valence-corrected chi connectivity index (χ1v) is 8.63. The summed E-state index contributed by atoms with van der Waals surface area (Å²) in [5, 5.41) is 10.4. The molecule has 0 aliphatic rings. The van der Waals surface area contributed by atoms with Crippen LogP contribution in [0.1, 0.15) is 17.0 Å². The quantitative estimate of drug-likeness (QED) is 0.625. The molecule has 3 rings (SSSR count). The van der Waals surface area contributed by atoms with Gasteiger partial charge < -0.3 is 10.6 Å². The molecule has 2 N–H and O–H groups in total. The number of benzene rings is 1. The van der Waals surface area contributed by atoms with Gasteiger partial charge in [0.05, 0.1) is 17.8 Å². The van der Waals surface area contributed by atoms with Crippen LogP contribution in [0.3, 0.4) is 0 Å². The van der Waals surface area contributed by atoms with Crippen molar-refractivity contribution in [2.24, 2.45) is 0 Å². The van der Waals surface area contributed by atoms with Crippen molar-refractivity contribution in [1.82, 2.24) is 25.1 Å². The highest BCUT2D eigenvalue weighted by molar-refractivity contribution is 5.79. The van der Waals surface area contributed by atoms with Gasteiger partial charge in [-0.2, -0.15) is 5.10 Å². The Morgan fingerprint density at radius 2 is 1.81 bits per heavy atom. The average Bonchev–Trinajstić information content (AvgIpc) is 2.95. The van der Waals surface area contributed by atoms with Crippen molar-refractivity contribution in [2.75, 3.05) is 18.4 Å². The first-order chi connectivity index (χ1) is 13.0. The van der Waals surface area contributed by atoms with Gasteiger partial charge in [-0.05, 0) is 44.2 Å². The van der Waals surface area contributed by atoms with Crippen LogP contribution < -0.4 is 10.6 Å². The molecule has 2 heterocycles. The minimum atomic E-state index is -0.297. The second-order valence-electron chi connectivity index (χ2n) is 6.06. The van der Waals surface area contributed by atoms with E-state index in [0.717, 1.165) is 22.6 Å². The SMILES string of the molecule is Cc1nn(-c2ccc(F)cc2)c(C)c1CC(=O)NCCNc1ncccn1. The fraction of sp³-hybridized carbons (Fsp3) is 0.263. The maximum atomic E-state index is 13.1. The number of hydrogen-bond donors (Lipinski definition) is 2. The highest BCUT2D eigenvalue weighted by Crippen LogP contribution is 2.18. The van der Waals surface area contributed by atoms with E-state index in [9.17, 15) is 9.18 Å². The molecular weight excluding hydrogens is 347 g/mol. The lowest BCUT2D eigenvalue weighted by Gasteiger charge is -2.08. The van der Waals surface area contributed by atoms with Crippen LogP contribution in [0, 0.1) is 19.7 Å². The Hall–Kier alpha value is -3.29. The van der Waals surface area contributed by atoms with E-state index < -0.39 is 0 Å². The minimum absolute atomic E-state index is 0.0874. The second-order valence-corrected chi connectivity index (χ2v) is 6.06. The summed E-state index contributed by atoms with van der Waals surface area (Å²) in [5.41, 5.74) is 3.28. The zero-order valence-electron chi connectivity index (χ0n) is 15.2. The molecule has 0 fully saturated rings. The van der Waals surface area contributed by atoms with E-state index in [0.29, 0.717) is 19.0 Å². The van der Waals surface area contributed by atoms with Gasteiger partial charge >= 0.3 is 0 Å². The fourth-order valence-corrected chi connectivity index (χ4v) is 2.75. The van der Waals surface area contributed by atoms with Gasteiger partial charge in [0, 0.05) is 36.7 Å². The second kappa shape index (κ2) is 8.39. The van der Waals surface area contributed by atoms with Crippen molar-refractivity contribution in [3.8, 4) is 5.69 Å². The van der Waals surface area contributed by atoms with Crippen LogP contribution in [0.25, 0.3) is 5.69 Å². The normalized spacial score (nSPS) is 10.6.